The molecule has 5 heteroatoms. The van der Waals surface area contributed by atoms with Crippen molar-refractivity contribution in [1.82, 2.24) is 5.32 Å². The van der Waals surface area contributed by atoms with Crippen molar-refractivity contribution in [2.75, 3.05) is 13.7 Å². The number of hydrogen-bond acceptors (Lipinski definition) is 3. The van der Waals surface area contributed by atoms with Gasteiger partial charge < -0.3 is 15.8 Å². The summed E-state index contributed by atoms with van der Waals surface area (Å²) in [7, 11) is 1.56. The van der Waals surface area contributed by atoms with Crippen LogP contribution in [0.2, 0.25) is 0 Å². The minimum atomic E-state index is -0.220. The molecule has 0 fully saturated rings. The van der Waals surface area contributed by atoms with Crippen LogP contribution in [-0.4, -0.2) is 25.7 Å². The van der Waals surface area contributed by atoms with Gasteiger partial charge in [-0.3, -0.25) is 4.79 Å². The zero-order chi connectivity index (χ0) is 13.5. The molecule has 0 spiro atoms. The van der Waals surface area contributed by atoms with E-state index < -0.39 is 0 Å². The minimum absolute atomic E-state index is 0.0270. The number of halogens is 1. The number of nitrogens with one attached hydrogen (secondary N) is 1. The Morgan fingerprint density at radius 2 is 2.06 bits per heavy atom. The lowest BCUT2D eigenvalue weighted by Crippen LogP contribution is -2.33. The number of carbonyl (C=O) groups excluding carboxylic acids is 1. The summed E-state index contributed by atoms with van der Waals surface area (Å²) in [4.78, 5) is 11.8. The van der Waals surface area contributed by atoms with Crippen LogP contribution in [0.1, 0.15) is 24.9 Å². The zero-order valence-corrected chi connectivity index (χ0v) is 12.2. The fourth-order valence-electron chi connectivity index (χ4n) is 1.60. The van der Waals surface area contributed by atoms with Gasteiger partial charge in [0.05, 0.1) is 18.6 Å². The summed E-state index contributed by atoms with van der Waals surface area (Å²) < 4.78 is 6.10. The Labute approximate surface area is 116 Å². The van der Waals surface area contributed by atoms with Gasteiger partial charge in [0.2, 0.25) is 5.91 Å². The van der Waals surface area contributed by atoms with E-state index in [2.05, 4.69) is 21.2 Å². The Kier molecular flexibility index (Phi) is 6.32. The fourth-order valence-corrected chi connectivity index (χ4v) is 1.87. The molecule has 0 radical (unpaired) electrons. The standard InChI is InChI=1S/C13H19BrN2O2/c1-9(10-3-5-11(14)6-4-10)16-13(17)7-12(8-15)18-2/h3-6,9,12H,7-8,15H2,1-2H3,(H,16,17). The summed E-state index contributed by atoms with van der Waals surface area (Å²) in [6.07, 6.45) is 0.0653. The summed E-state index contributed by atoms with van der Waals surface area (Å²) in [6.45, 7) is 2.29. The molecule has 4 nitrogen and oxygen atoms in total. The van der Waals surface area contributed by atoms with E-state index in [1.807, 2.05) is 31.2 Å². The molecule has 1 amide bonds. The molecule has 0 aliphatic rings. The van der Waals surface area contributed by atoms with Crippen LogP contribution in [0, 0.1) is 0 Å². The average Bonchev–Trinajstić information content (AvgIpc) is 2.36. The zero-order valence-electron chi connectivity index (χ0n) is 10.7. The maximum Gasteiger partial charge on any atom is 0.223 e. The van der Waals surface area contributed by atoms with Crippen molar-refractivity contribution in [3.63, 3.8) is 0 Å². The normalized spacial score (nSPS) is 14.0. The number of methoxy groups -OCH3 is 1. The second kappa shape index (κ2) is 7.51. The summed E-state index contributed by atoms with van der Waals surface area (Å²) in [6, 6.07) is 7.84. The molecule has 100 valence electrons. The van der Waals surface area contributed by atoms with E-state index >= 15 is 0 Å². The van der Waals surface area contributed by atoms with Crippen molar-refractivity contribution >= 4 is 21.8 Å². The smallest absolute Gasteiger partial charge is 0.223 e. The van der Waals surface area contributed by atoms with Gasteiger partial charge in [-0.1, -0.05) is 28.1 Å². The topological polar surface area (TPSA) is 64.3 Å². The highest BCUT2D eigenvalue weighted by Crippen LogP contribution is 2.16. The van der Waals surface area contributed by atoms with E-state index in [1.165, 1.54) is 0 Å². The highest BCUT2D eigenvalue weighted by atomic mass is 79.9. The third-order valence-electron chi connectivity index (χ3n) is 2.76. The van der Waals surface area contributed by atoms with Crippen molar-refractivity contribution < 1.29 is 9.53 Å². The summed E-state index contributed by atoms with van der Waals surface area (Å²) in [5, 5.41) is 2.92. The van der Waals surface area contributed by atoms with Crippen LogP contribution in [0.25, 0.3) is 0 Å². The van der Waals surface area contributed by atoms with Crippen molar-refractivity contribution in [1.29, 1.82) is 0 Å². The molecule has 1 aromatic rings. The average molecular weight is 315 g/mol. The number of hydrogen-bond donors (Lipinski definition) is 2. The number of amides is 1. The first-order chi connectivity index (χ1) is 8.56. The second-order valence-corrected chi connectivity index (χ2v) is 5.05. The van der Waals surface area contributed by atoms with E-state index in [4.69, 9.17) is 10.5 Å². The lowest BCUT2D eigenvalue weighted by Gasteiger charge is -2.17. The molecule has 0 aromatic heterocycles. The molecule has 0 aliphatic heterocycles. The highest BCUT2D eigenvalue weighted by Gasteiger charge is 2.14. The van der Waals surface area contributed by atoms with Crippen LogP contribution < -0.4 is 11.1 Å². The maximum atomic E-state index is 11.8. The van der Waals surface area contributed by atoms with E-state index in [1.54, 1.807) is 7.11 Å². The van der Waals surface area contributed by atoms with Crippen LogP contribution in [-0.2, 0) is 9.53 Å². The minimum Gasteiger partial charge on any atom is -0.380 e. The third-order valence-corrected chi connectivity index (χ3v) is 3.29. The fraction of sp³-hybridized carbons (Fsp3) is 0.462. The Hall–Kier alpha value is -0.910. The monoisotopic (exact) mass is 314 g/mol. The Morgan fingerprint density at radius 3 is 2.56 bits per heavy atom. The Morgan fingerprint density at radius 1 is 1.44 bits per heavy atom. The van der Waals surface area contributed by atoms with Gasteiger partial charge in [0.25, 0.3) is 0 Å². The summed E-state index contributed by atoms with van der Waals surface area (Å²) in [5.74, 6) is -0.0530. The van der Waals surface area contributed by atoms with Gasteiger partial charge in [-0.2, -0.15) is 0 Å². The van der Waals surface area contributed by atoms with E-state index in [0.29, 0.717) is 6.54 Å². The van der Waals surface area contributed by atoms with Gasteiger partial charge >= 0.3 is 0 Å². The molecule has 0 saturated carbocycles. The molecule has 18 heavy (non-hydrogen) atoms. The number of rotatable bonds is 6. The van der Waals surface area contributed by atoms with Gasteiger partial charge in [-0.15, -0.1) is 0 Å². The molecule has 3 N–H and O–H groups in total. The Bertz CT molecular complexity index is 377. The first-order valence-corrected chi connectivity index (χ1v) is 6.63. The first kappa shape index (κ1) is 15.1. The van der Waals surface area contributed by atoms with Crippen molar-refractivity contribution in [3.8, 4) is 0 Å². The lowest BCUT2D eigenvalue weighted by molar-refractivity contribution is -0.124. The van der Waals surface area contributed by atoms with Crippen molar-refractivity contribution in [2.24, 2.45) is 5.73 Å². The number of carbonyl (C=O) groups is 1. The molecule has 2 unspecified atom stereocenters. The van der Waals surface area contributed by atoms with Gasteiger partial charge in [-0.25, -0.2) is 0 Å². The third kappa shape index (κ3) is 4.76. The van der Waals surface area contributed by atoms with Gasteiger partial charge in [0.1, 0.15) is 0 Å². The second-order valence-electron chi connectivity index (χ2n) is 4.14. The van der Waals surface area contributed by atoms with Crippen LogP contribution in [0.3, 0.4) is 0 Å². The van der Waals surface area contributed by atoms with Crippen molar-refractivity contribution in [2.45, 2.75) is 25.5 Å². The molecule has 2 atom stereocenters. The largest absolute Gasteiger partial charge is 0.380 e. The van der Waals surface area contributed by atoms with Gasteiger partial charge in [0.15, 0.2) is 0 Å². The van der Waals surface area contributed by atoms with E-state index in [9.17, 15) is 4.79 Å². The molecule has 0 aliphatic carbocycles. The highest BCUT2D eigenvalue weighted by molar-refractivity contribution is 9.10. The van der Waals surface area contributed by atoms with Crippen molar-refractivity contribution in [3.05, 3.63) is 34.3 Å². The van der Waals surface area contributed by atoms with Gasteiger partial charge in [-0.05, 0) is 24.6 Å². The van der Waals surface area contributed by atoms with Crippen LogP contribution in [0.15, 0.2) is 28.7 Å². The van der Waals surface area contributed by atoms with E-state index in [0.717, 1.165) is 10.0 Å². The predicted molar refractivity (Wildman–Crippen MR) is 75.2 cm³/mol. The molecule has 0 bridgehead atoms. The SMILES string of the molecule is COC(CN)CC(=O)NC(C)c1ccc(Br)cc1. The molecule has 0 saturated heterocycles. The number of nitrogens with two attached hydrogens (primary N) is 1. The number of benzene rings is 1. The predicted octanol–water partition coefficient (Wildman–Crippen LogP) is 1.99. The molecular formula is C13H19BrN2O2. The first-order valence-electron chi connectivity index (χ1n) is 5.84. The van der Waals surface area contributed by atoms with E-state index in [-0.39, 0.29) is 24.5 Å². The van der Waals surface area contributed by atoms with Gasteiger partial charge in [0, 0.05) is 18.1 Å². The number of ether oxygens (including phenoxy) is 1. The molecule has 1 rings (SSSR count). The molecule has 1 aromatic carbocycles. The molecule has 0 heterocycles. The van der Waals surface area contributed by atoms with Crippen LogP contribution in [0.5, 0.6) is 0 Å². The summed E-state index contributed by atoms with van der Waals surface area (Å²) in [5.41, 5.74) is 6.54. The summed E-state index contributed by atoms with van der Waals surface area (Å²) >= 11 is 3.38. The van der Waals surface area contributed by atoms with Crippen LogP contribution in [0.4, 0.5) is 0 Å². The molecular weight excluding hydrogens is 296 g/mol. The Balaban J connectivity index is 2.51. The lowest BCUT2D eigenvalue weighted by atomic mass is 10.1. The quantitative estimate of drug-likeness (QED) is 0.844. The van der Waals surface area contributed by atoms with Crippen LogP contribution >= 0.6 is 15.9 Å². The maximum absolute atomic E-state index is 11.8.